The first-order valence-electron chi connectivity index (χ1n) is 5.05. The Balaban J connectivity index is 2.46. The van der Waals surface area contributed by atoms with Gasteiger partial charge >= 0.3 is 0 Å². The van der Waals surface area contributed by atoms with E-state index in [4.69, 9.17) is 11.6 Å². The summed E-state index contributed by atoms with van der Waals surface area (Å²) in [4.78, 5) is 0.790. The van der Waals surface area contributed by atoms with Gasteiger partial charge in [0.25, 0.3) is 0 Å². The molecular weight excluding hydrogens is 240 g/mol. The summed E-state index contributed by atoms with van der Waals surface area (Å²) in [6.45, 7) is 3.80. The average Bonchev–Trinajstić information content (AvgIpc) is 2.66. The zero-order chi connectivity index (χ0) is 11.8. The molecule has 0 amide bonds. The van der Waals surface area contributed by atoms with E-state index in [0.717, 1.165) is 10.4 Å². The van der Waals surface area contributed by atoms with E-state index in [1.165, 1.54) is 16.9 Å². The molecule has 1 unspecified atom stereocenters. The molecule has 0 fully saturated rings. The van der Waals surface area contributed by atoms with Gasteiger partial charge in [-0.1, -0.05) is 41.4 Å². The molecule has 1 heterocycles. The van der Waals surface area contributed by atoms with E-state index in [1.54, 1.807) is 6.92 Å². The van der Waals surface area contributed by atoms with Crippen molar-refractivity contribution in [1.29, 1.82) is 0 Å². The molecular formula is C13H13ClOS. The van der Waals surface area contributed by atoms with Crippen molar-refractivity contribution in [3.8, 4) is 0 Å². The third-order valence-electron chi connectivity index (χ3n) is 2.67. The highest BCUT2D eigenvalue weighted by Gasteiger charge is 2.29. The molecule has 84 valence electrons. The quantitative estimate of drug-likeness (QED) is 0.858. The number of halogens is 1. The van der Waals surface area contributed by atoms with Crippen LogP contribution in [0.25, 0.3) is 0 Å². The molecule has 0 aliphatic heterocycles. The van der Waals surface area contributed by atoms with Gasteiger partial charge in [-0.25, -0.2) is 0 Å². The minimum atomic E-state index is -1.01. The first-order valence-corrected chi connectivity index (χ1v) is 6.30. The van der Waals surface area contributed by atoms with Crippen molar-refractivity contribution < 1.29 is 5.11 Å². The molecule has 0 aliphatic rings. The molecule has 2 rings (SSSR count). The maximum absolute atomic E-state index is 10.5. The molecule has 0 saturated carbocycles. The second-order valence-corrected chi connectivity index (χ2v) is 5.36. The summed E-state index contributed by atoms with van der Waals surface area (Å²) in [5, 5.41) is 13.1. The summed E-state index contributed by atoms with van der Waals surface area (Å²) in [6.07, 6.45) is 0. The van der Waals surface area contributed by atoms with Crippen molar-refractivity contribution in [2.45, 2.75) is 19.4 Å². The van der Waals surface area contributed by atoms with Gasteiger partial charge in [0.15, 0.2) is 0 Å². The number of benzene rings is 1. The summed E-state index contributed by atoms with van der Waals surface area (Å²) in [5.74, 6) is 0. The second-order valence-electron chi connectivity index (χ2n) is 4.04. The van der Waals surface area contributed by atoms with Crippen molar-refractivity contribution >= 4 is 22.9 Å². The SMILES string of the molecule is Cc1ccc(C(C)(O)c2sccc2Cl)cc1. The van der Waals surface area contributed by atoms with E-state index in [2.05, 4.69) is 0 Å². The smallest absolute Gasteiger partial charge is 0.122 e. The van der Waals surface area contributed by atoms with Gasteiger partial charge in [0, 0.05) is 0 Å². The molecule has 0 bridgehead atoms. The van der Waals surface area contributed by atoms with E-state index >= 15 is 0 Å². The summed E-state index contributed by atoms with van der Waals surface area (Å²) < 4.78 is 0. The zero-order valence-electron chi connectivity index (χ0n) is 9.20. The van der Waals surface area contributed by atoms with Crippen molar-refractivity contribution in [1.82, 2.24) is 0 Å². The highest BCUT2D eigenvalue weighted by Crippen LogP contribution is 2.37. The maximum atomic E-state index is 10.5. The largest absolute Gasteiger partial charge is 0.380 e. The van der Waals surface area contributed by atoms with Crippen molar-refractivity contribution in [3.05, 3.63) is 56.7 Å². The predicted octanol–water partition coefficient (Wildman–Crippen LogP) is 3.97. The Labute approximate surface area is 104 Å². The van der Waals surface area contributed by atoms with E-state index in [9.17, 15) is 5.11 Å². The Kier molecular flexibility index (Phi) is 3.06. The number of thiophene rings is 1. The Hall–Kier alpha value is -0.830. The summed E-state index contributed by atoms with van der Waals surface area (Å²) in [5.41, 5.74) is 1.03. The van der Waals surface area contributed by atoms with Crippen LogP contribution >= 0.6 is 22.9 Å². The van der Waals surface area contributed by atoms with E-state index in [1.807, 2.05) is 42.6 Å². The normalized spacial score (nSPS) is 14.8. The monoisotopic (exact) mass is 252 g/mol. The van der Waals surface area contributed by atoms with Crippen LogP contribution in [0.2, 0.25) is 5.02 Å². The van der Waals surface area contributed by atoms with Crippen LogP contribution in [0.1, 0.15) is 22.9 Å². The Morgan fingerprint density at radius 3 is 2.31 bits per heavy atom. The number of aliphatic hydroxyl groups is 1. The van der Waals surface area contributed by atoms with Crippen molar-refractivity contribution in [3.63, 3.8) is 0 Å². The third kappa shape index (κ3) is 2.01. The van der Waals surface area contributed by atoms with E-state index in [-0.39, 0.29) is 0 Å². The second kappa shape index (κ2) is 4.21. The van der Waals surface area contributed by atoms with Gasteiger partial charge in [0.05, 0.1) is 9.90 Å². The molecule has 16 heavy (non-hydrogen) atoms. The minimum Gasteiger partial charge on any atom is -0.380 e. The van der Waals surface area contributed by atoms with Crippen molar-refractivity contribution in [2.75, 3.05) is 0 Å². The van der Waals surface area contributed by atoms with Crippen LogP contribution in [-0.4, -0.2) is 5.11 Å². The van der Waals surface area contributed by atoms with Gasteiger partial charge in [0.2, 0.25) is 0 Å². The Morgan fingerprint density at radius 1 is 1.19 bits per heavy atom. The fourth-order valence-electron chi connectivity index (χ4n) is 1.65. The average molecular weight is 253 g/mol. The number of aryl methyl sites for hydroxylation is 1. The van der Waals surface area contributed by atoms with Crippen LogP contribution in [0.5, 0.6) is 0 Å². The first-order chi connectivity index (χ1) is 7.51. The molecule has 1 N–H and O–H groups in total. The van der Waals surface area contributed by atoms with Gasteiger partial charge in [-0.3, -0.25) is 0 Å². The number of hydrogen-bond donors (Lipinski definition) is 1. The molecule has 1 atom stereocenters. The lowest BCUT2D eigenvalue weighted by atomic mass is 9.93. The van der Waals surface area contributed by atoms with Crippen LogP contribution in [-0.2, 0) is 5.60 Å². The van der Waals surface area contributed by atoms with Crippen LogP contribution in [0.15, 0.2) is 35.7 Å². The summed E-state index contributed by atoms with van der Waals surface area (Å²) in [6, 6.07) is 9.66. The van der Waals surface area contributed by atoms with Gasteiger partial charge in [-0.05, 0) is 30.9 Å². The Bertz CT molecular complexity index is 485. The lowest BCUT2D eigenvalue weighted by molar-refractivity contribution is 0.106. The van der Waals surface area contributed by atoms with Gasteiger partial charge in [-0.2, -0.15) is 0 Å². The third-order valence-corrected chi connectivity index (χ3v) is 4.23. The highest BCUT2D eigenvalue weighted by molar-refractivity contribution is 7.10. The van der Waals surface area contributed by atoms with E-state index < -0.39 is 5.60 Å². The standard InChI is InChI=1S/C13H13ClOS/c1-9-3-5-10(6-4-9)13(2,15)12-11(14)7-8-16-12/h3-8,15H,1-2H3. The summed E-state index contributed by atoms with van der Waals surface area (Å²) in [7, 11) is 0. The fraction of sp³-hybridized carbons (Fsp3) is 0.231. The molecule has 1 aromatic carbocycles. The molecule has 1 aromatic heterocycles. The van der Waals surface area contributed by atoms with E-state index in [0.29, 0.717) is 5.02 Å². The molecule has 0 spiro atoms. The minimum absolute atomic E-state index is 0.621. The molecule has 0 aliphatic carbocycles. The first kappa shape index (κ1) is 11.6. The van der Waals surface area contributed by atoms with Gasteiger partial charge in [-0.15, -0.1) is 11.3 Å². The van der Waals surface area contributed by atoms with Crippen LogP contribution < -0.4 is 0 Å². The van der Waals surface area contributed by atoms with Crippen molar-refractivity contribution in [2.24, 2.45) is 0 Å². The highest BCUT2D eigenvalue weighted by atomic mass is 35.5. The lowest BCUT2D eigenvalue weighted by Gasteiger charge is -2.23. The molecule has 2 aromatic rings. The lowest BCUT2D eigenvalue weighted by Crippen LogP contribution is -2.21. The van der Waals surface area contributed by atoms with Gasteiger partial charge < -0.3 is 5.11 Å². The number of hydrogen-bond acceptors (Lipinski definition) is 2. The maximum Gasteiger partial charge on any atom is 0.122 e. The molecule has 0 radical (unpaired) electrons. The summed E-state index contributed by atoms with van der Waals surface area (Å²) >= 11 is 7.53. The predicted molar refractivity (Wildman–Crippen MR) is 69.2 cm³/mol. The Morgan fingerprint density at radius 2 is 1.81 bits per heavy atom. The van der Waals surface area contributed by atoms with Crippen LogP contribution in [0.3, 0.4) is 0 Å². The molecule has 3 heteroatoms. The molecule has 1 nitrogen and oxygen atoms in total. The van der Waals surface area contributed by atoms with Crippen LogP contribution in [0, 0.1) is 6.92 Å². The van der Waals surface area contributed by atoms with Crippen LogP contribution in [0.4, 0.5) is 0 Å². The fourth-order valence-corrected chi connectivity index (χ4v) is 2.97. The zero-order valence-corrected chi connectivity index (χ0v) is 10.8. The molecule has 0 saturated heterocycles. The van der Waals surface area contributed by atoms with Gasteiger partial charge in [0.1, 0.15) is 5.60 Å². The number of rotatable bonds is 2. The topological polar surface area (TPSA) is 20.2 Å².